The monoisotopic (exact) mass is 380 g/mol. The van der Waals surface area contributed by atoms with Gasteiger partial charge in [-0.1, -0.05) is 12.1 Å². The maximum Gasteiger partial charge on any atom is 0.338 e. The summed E-state index contributed by atoms with van der Waals surface area (Å²) >= 11 is 0. The van der Waals surface area contributed by atoms with Crippen molar-refractivity contribution < 1.29 is 18.9 Å². The number of nitrogens with zero attached hydrogens (tertiary/aromatic N) is 3. The number of methoxy groups -OCH3 is 1. The third kappa shape index (κ3) is 3.88. The Balaban J connectivity index is 1.80. The van der Waals surface area contributed by atoms with Crippen molar-refractivity contribution in [2.24, 2.45) is 5.10 Å². The van der Waals surface area contributed by atoms with Gasteiger partial charge in [-0.15, -0.1) is 0 Å². The molecule has 2 heterocycles. The normalized spacial score (nSPS) is 10.8. The van der Waals surface area contributed by atoms with E-state index in [9.17, 15) is 14.9 Å². The molecule has 0 spiro atoms. The van der Waals surface area contributed by atoms with Gasteiger partial charge in [0.2, 0.25) is 5.82 Å². The second-order valence-corrected chi connectivity index (χ2v) is 5.67. The molecule has 9 nitrogen and oxygen atoms in total. The van der Waals surface area contributed by atoms with Crippen LogP contribution in [0.2, 0.25) is 0 Å². The zero-order chi connectivity index (χ0) is 20.1. The van der Waals surface area contributed by atoms with E-state index in [1.807, 2.05) is 6.07 Å². The highest BCUT2D eigenvalue weighted by Crippen LogP contribution is 2.27. The van der Waals surface area contributed by atoms with Gasteiger partial charge in [0.1, 0.15) is 11.5 Å². The van der Waals surface area contributed by atoms with Crippen LogP contribution in [0.4, 0.5) is 11.5 Å². The van der Waals surface area contributed by atoms with E-state index in [1.165, 1.54) is 31.7 Å². The van der Waals surface area contributed by atoms with Crippen LogP contribution < -0.4 is 5.43 Å². The lowest BCUT2D eigenvalue weighted by molar-refractivity contribution is -0.384. The number of pyridine rings is 1. The second-order valence-electron chi connectivity index (χ2n) is 5.67. The van der Waals surface area contributed by atoms with Gasteiger partial charge in [-0.05, 0) is 36.8 Å². The molecule has 0 aliphatic rings. The van der Waals surface area contributed by atoms with Crippen LogP contribution in [0.5, 0.6) is 0 Å². The lowest BCUT2D eigenvalue weighted by Gasteiger charge is -2.07. The van der Waals surface area contributed by atoms with E-state index in [4.69, 9.17) is 9.15 Å². The first kappa shape index (κ1) is 18.8. The molecule has 0 saturated carbocycles. The topological polar surface area (TPSA) is 120 Å². The van der Waals surface area contributed by atoms with E-state index in [1.54, 1.807) is 31.2 Å². The Labute approximate surface area is 159 Å². The summed E-state index contributed by atoms with van der Waals surface area (Å²) in [6.07, 6.45) is 2.80. The predicted molar refractivity (Wildman–Crippen MR) is 102 cm³/mol. The number of ether oxygens (including phenoxy) is 1. The van der Waals surface area contributed by atoms with E-state index < -0.39 is 10.9 Å². The Bertz CT molecular complexity index is 1060. The Morgan fingerprint density at radius 2 is 2.11 bits per heavy atom. The third-order valence-electron chi connectivity index (χ3n) is 3.98. The van der Waals surface area contributed by atoms with Gasteiger partial charge in [-0.2, -0.15) is 5.10 Å². The predicted octanol–water partition coefficient (Wildman–Crippen LogP) is 3.79. The molecule has 0 aliphatic carbocycles. The summed E-state index contributed by atoms with van der Waals surface area (Å²) in [5.41, 5.74) is 4.28. The highest BCUT2D eigenvalue weighted by molar-refractivity contribution is 5.93. The molecular weight excluding hydrogens is 364 g/mol. The lowest BCUT2D eigenvalue weighted by Crippen LogP contribution is -2.04. The van der Waals surface area contributed by atoms with E-state index in [-0.39, 0.29) is 11.5 Å². The highest BCUT2D eigenvalue weighted by atomic mass is 16.6. The number of rotatable bonds is 6. The van der Waals surface area contributed by atoms with Crippen molar-refractivity contribution in [2.45, 2.75) is 6.92 Å². The van der Waals surface area contributed by atoms with Crippen LogP contribution in [0.3, 0.4) is 0 Å². The number of furan rings is 1. The van der Waals surface area contributed by atoms with Crippen LogP contribution >= 0.6 is 0 Å². The maximum absolute atomic E-state index is 11.8. The lowest BCUT2D eigenvalue weighted by atomic mass is 10.0. The molecule has 3 rings (SSSR count). The molecule has 0 fully saturated rings. The zero-order valence-electron chi connectivity index (χ0n) is 15.1. The SMILES string of the molecule is COC(=O)c1cccc(-c2ccc(/C=N\Nc3ncccc3[N+](=O)[O-])o2)c1C. The number of anilines is 1. The molecule has 3 aromatic rings. The number of nitro groups is 1. The Hall–Kier alpha value is -4.01. The number of hydrogen-bond acceptors (Lipinski definition) is 8. The molecule has 9 heteroatoms. The quantitative estimate of drug-likeness (QED) is 0.299. The fourth-order valence-corrected chi connectivity index (χ4v) is 2.59. The van der Waals surface area contributed by atoms with Gasteiger partial charge in [-0.25, -0.2) is 9.78 Å². The average Bonchev–Trinajstić information content (AvgIpc) is 3.16. The second kappa shape index (κ2) is 8.12. The standard InChI is InChI=1S/C19H16N4O5/c1-12-14(5-3-6-15(12)19(24)27-2)17-9-8-13(28-17)11-21-22-18-16(23(25)26)7-4-10-20-18/h3-11H,1-2H3,(H,20,22)/b21-11-. The zero-order valence-corrected chi connectivity index (χ0v) is 15.1. The van der Waals surface area contributed by atoms with Crippen molar-refractivity contribution in [1.29, 1.82) is 0 Å². The summed E-state index contributed by atoms with van der Waals surface area (Å²) < 4.78 is 10.5. The van der Waals surface area contributed by atoms with Gasteiger partial charge in [0, 0.05) is 17.8 Å². The summed E-state index contributed by atoms with van der Waals surface area (Å²) in [4.78, 5) is 26.1. The van der Waals surface area contributed by atoms with Gasteiger partial charge >= 0.3 is 11.7 Å². The minimum absolute atomic E-state index is 0.0251. The van der Waals surface area contributed by atoms with Crippen LogP contribution in [-0.4, -0.2) is 29.2 Å². The summed E-state index contributed by atoms with van der Waals surface area (Å²) in [6.45, 7) is 1.81. The van der Waals surface area contributed by atoms with E-state index in [0.29, 0.717) is 17.1 Å². The first-order valence-corrected chi connectivity index (χ1v) is 8.18. The van der Waals surface area contributed by atoms with Gasteiger partial charge in [0.25, 0.3) is 0 Å². The molecule has 2 aromatic heterocycles. The molecule has 1 N–H and O–H groups in total. The van der Waals surface area contributed by atoms with Crippen LogP contribution in [0.15, 0.2) is 58.2 Å². The fourth-order valence-electron chi connectivity index (χ4n) is 2.59. The summed E-state index contributed by atoms with van der Waals surface area (Å²) in [5.74, 6) is 0.573. The van der Waals surface area contributed by atoms with Gasteiger partial charge < -0.3 is 9.15 Å². The van der Waals surface area contributed by atoms with Crippen molar-refractivity contribution in [3.05, 3.63) is 75.7 Å². The maximum atomic E-state index is 11.8. The first-order chi connectivity index (χ1) is 13.5. The average molecular weight is 380 g/mol. The number of esters is 1. The minimum atomic E-state index is -0.549. The van der Waals surface area contributed by atoms with E-state index >= 15 is 0 Å². The number of hydrogen-bond donors (Lipinski definition) is 1. The smallest absolute Gasteiger partial charge is 0.338 e. The van der Waals surface area contributed by atoms with Crippen LogP contribution in [-0.2, 0) is 4.74 Å². The molecular formula is C19H16N4O5. The highest BCUT2D eigenvalue weighted by Gasteiger charge is 2.15. The molecule has 0 amide bonds. The molecule has 0 atom stereocenters. The number of carbonyl (C=O) groups is 1. The summed E-state index contributed by atoms with van der Waals surface area (Å²) in [6, 6.07) is 11.5. The molecule has 0 radical (unpaired) electrons. The van der Waals surface area contributed by atoms with Crippen molar-refractivity contribution in [3.63, 3.8) is 0 Å². The van der Waals surface area contributed by atoms with Crippen molar-refractivity contribution in [2.75, 3.05) is 12.5 Å². The van der Waals surface area contributed by atoms with Crippen LogP contribution in [0, 0.1) is 17.0 Å². The molecule has 28 heavy (non-hydrogen) atoms. The van der Waals surface area contributed by atoms with E-state index in [0.717, 1.165) is 11.1 Å². The van der Waals surface area contributed by atoms with Crippen molar-refractivity contribution in [1.82, 2.24) is 4.98 Å². The molecule has 0 saturated heterocycles. The molecule has 0 unspecified atom stereocenters. The summed E-state index contributed by atoms with van der Waals surface area (Å²) in [7, 11) is 1.33. The van der Waals surface area contributed by atoms with Gasteiger partial charge in [0.15, 0.2) is 0 Å². The van der Waals surface area contributed by atoms with Crippen molar-refractivity contribution in [3.8, 4) is 11.3 Å². The minimum Gasteiger partial charge on any atom is -0.465 e. The van der Waals surface area contributed by atoms with Crippen LogP contribution in [0.25, 0.3) is 11.3 Å². The van der Waals surface area contributed by atoms with Gasteiger partial charge in [0.05, 0.1) is 23.8 Å². The van der Waals surface area contributed by atoms with Crippen molar-refractivity contribution >= 4 is 23.7 Å². The number of aromatic nitrogens is 1. The van der Waals surface area contributed by atoms with E-state index in [2.05, 4.69) is 15.5 Å². The molecule has 0 aliphatic heterocycles. The number of hydrazone groups is 1. The number of carbonyl (C=O) groups excluding carboxylic acids is 1. The molecule has 1 aromatic carbocycles. The molecule has 142 valence electrons. The fraction of sp³-hybridized carbons (Fsp3) is 0.105. The largest absolute Gasteiger partial charge is 0.465 e. The number of nitrogens with one attached hydrogen (secondary N) is 1. The summed E-state index contributed by atoms with van der Waals surface area (Å²) in [5, 5.41) is 14.9. The van der Waals surface area contributed by atoms with Gasteiger partial charge in [-0.3, -0.25) is 15.5 Å². The third-order valence-corrected chi connectivity index (χ3v) is 3.98. The number of benzene rings is 1. The Morgan fingerprint density at radius 1 is 1.29 bits per heavy atom. The van der Waals surface area contributed by atoms with Crippen LogP contribution in [0.1, 0.15) is 21.7 Å². The Morgan fingerprint density at radius 3 is 2.86 bits per heavy atom. The first-order valence-electron chi connectivity index (χ1n) is 8.18. The Kier molecular flexibility index (Phi) is 5.45. The molecule has 0 bridgehead atoms.